The molecule has 0 aliphatic heterocycles. The van der Waals surface area contributed by atoms with E-state index in [9.17, 15) is 4.79 Å². The molecule has 0 amide bonds. The maximum absolute atomic E-state index is 11.2. The maximum atomic E-state index is 11.2. The molecule has 134 valence electrons. The van der Waals surface area contributed by atoms with Crippen molar-refractivity contribution in [2.45, 2.75) is 51.4 Å². The lowest BCUT2D eigenvalue weighted by Gasteiger charge is -2.36. The van der Waals surface area contributed by atoms with Gasteiger partial charge in [0.05, 0.1) is 19.4 Å². The van der Waals surface area contributed by atoms with Crippen LogP contribution in [0.1, 0.15) is 38.9 Å². The van der Waals surface area contributed by atoms with E-state index >= 15 is 0 Å². The van der Waals surface area contributed by atoms with Gasteiger partial charge in [0.2, 0.25) is 0 Å². The van der Waals surface area contributed by atoms with Crippen LogP contribution in [-0.2, 0) is 18.7 Å². The molecule has 0 heterocycles. The topological polar surface area (TPSA) is 44.8 Å². The molecule has 0 saturated heterocycles. The highest BCUT2D eigenvalue weighted by Crippen LogP contribution is 2.37. The van der Waals surface area contributed by atoms with E-state index in [1.165, 1.54) is 19.4 Å². The maximum Gasteiger partial charge on any atom is 0.333 e. The Morgan fingerprint density at radius 1 is 1.21 bits per heavy atom. The van der Waals surface area contributed by atoms with Gasteiger partial charge in [-0.1, -0.05) is 51.1 Å². The lowest BCUT2D eigenvalue weighted by Crippen LogP contribution is -2.41. The summed E-state index contributed by atoms with van der Waals surface area (Å²) in [5.74, 6) is -0.431. The standard InChI is InChI=1S/C19H30O4Si/c1-19(2,3)24(5,6)23-15-12-17(16-10-8-7-9-11-16)22-14-13-18(20)21-4/h7-11,13-14,17H,12,15H2,1-6H3/b14-13+. The first-order chi connectivity index (χ1) is 11.2. The van der Waals surface area contributed by atoms with Crippen LogP contribution in [0.25, 0.3) is 0 Å². The van der Waals surface area contributed by atoms with Crippen LogP contribution in [0.5, 0.6) is 0 Å². The van der Waals surface area contributed by atoms with Crippen molar-refractivity contribution in [3.8, 4) is 0 Å². The van der Waals surface area contributed by atoms with Crippen LogP contribution in [0.3, 0.4) is 0 Å². The van der Waals surface area contributed by atoms with Crippen molar-refractivity contribution in [3.05, 3.63) is 48.2 Å². The predicted octanol–water partition coefficient (Wildman–Crippen LogP) is 4.84. The van der Waals surface area contributed by atoms with Crippen molar-refractivity contribution in [2.75, 3.05) is 13.7 Å². The summed E-state index contributed by atoms with van der Waals surface area (Å²) in [6.07, 6.45) is 3.25. The van der Waals surface area contributed by atoms with Crippen LogP contribution in [0.2, 0.25) is 18.1 Å². The number of ether oxygens (including phenoxy) is 2. The fraction of sp³-hybridized carbons (Fsp3) is 0.526. The van der Waals surface area contributed by atoms with Gasteiger partial charge in [0, 0.05) is 13.0 Å². The molecule has 4 nitrogen and oxygen atoms in total. The van der Waals surface area contributed by atoms with E-state index in [2.05, 4.69) is 38.6 Å². The highest BCUT2D eigenvalue weighted by molar-refractivity contribution is 6.74. The minimum atomic E-state index is -1.78. The lowest BCUT2D eigenvalue weighted by atomic mass is 10.1. The van der Waals surface area contributed by atoms with E-state index in [1.807, 2.05) is 30.3 Å². The summed E-state index contributed by atoms with van der Waals surface area (Å²) in [6, 6.07) is 9.96. The number of hydrogen-bond donors (Lipinski definition) is 0. The first-order valence-corrected chi connectivity index (χ1v) is 11.2. The Balaban J connectivity index is 2.70. The summed E-state index contributed by atoms with van der Waals surface area (Å²) in [5, 5.41) is 0.181. The third-order valence-electron chi connectivity index (χ3n) is 4.47. The monoisotopic (exact) mass is 350 g/mol. The third kappa shape index (κ3) is 6.49. The van der Waals surface area contributed by atoms with Gasteiger partial charge in [0.15, 0.2) is 8.32 Å². The molecule has 1 atom stereocenters. The molecular formula is C19H30O4Si. The second-order valence-corrected chi connectivity index (χ2v) is 12.1. The molecule has 0 N–H and O–H groups in total. The van der Waals surface area contributed by atoms with Crippen LogP contribution in [0, 0.1) is 0 Å². The van der Waals surface area contributed by atoms with Gasteiger partial charge in [0.25, 0.3) is 0 Å². The molecule has 5 heteroatoms. The highest BCUT2D eigenvalue weighted by Gasteiger charge is 2.37. The fourth-order valence-electron chi connectivity index (χ4n) is 1.88. The zero-order chi connectivity index (χ0) is 18.2. The van der Waals surface area contributed by atoms with E-state index in [0.29, 0.717) is 6.61 Å². The Kier molecular flexibility index (Phi) is 7.70. The molecule has 0 aliphatic rings. The van der Waals surface area contributed by atoms with E-state index in [4.69, 9.17) is 9.16 Å². The largest absolute Gasteiger partial charge is 0.493 e. The number of carbonyl (C=O) groups is 1. The molecule has 0 radical (unpaired) electrons. The van der Waals surface area contributed by atoms with Crippen molar-refractivity contribution in [3.63, 3.8) is 0 Å². The third-order valence-corrected chi connectivity index (χ3v) is 9.01. The van der Waals surface area contributed by atoms with Gasteiger partial charge in [-0.15, -0.1) is 0 Å². The Labute approximate surface area is 146 Å². The fourth-order valence-corrected chi connectivity index (χ4v) is 2.94. The van der Waals surface area contributed by atoms with Crippen LogP contribution in [0.15, 0.2) is 42.7 Å². The molecule has 1 aromatic rings. The van der Waals surface area contributed by atoms with Crippen molar-refractivity contribution < 1.29 is 18.7 Å². The minimum Gasteiger partial charge on any atom is -0.493 e. The van der Waals surface area contributed by atoms with E-state index in [0.717, 1.165) is 12.0 Å². The summed E-state index contributed by atoms with van der Waals surface area (Å²) in [4.78, 5) is 11.2. The Bertz CT molecular complexity index is 532. The summed E-state index contributed by atoms with van der Waals surface area (Å²) in [6.45, 7) is 11.8. The number of rotatable bonds is 8. The van der Waals surface area contributed by atoms with Crippen LogP contribution < -0.4 is 0 Å². The molecule has 0 aliphatic carbocycles. The van der Waals surface area contributed by atoms with Gasteiger partial charge in [-0.05, 0) is 23.7 Å². The molecule has 0 aromatic heterocycles. The average Bonchev–Trinajstić information content (AvgIpc) is 2.52. The molecular weight excluding hydrogens is 320 g/mol. The number of hydrogen-bond acceptors (Lipinski definition) is 4. The molecule has 1 unspecified atom stereocenters. The lowest BCUT2D eigenvalue weighted by molar-refractivity contribution is -0.135. The van der Waals surface area contributed by atoms with Gasteiger partial charge >= 0.3 is 5.97 Å². The number of carbonyl (C=O) groups excluding carboxylic acids is 1. The van der Waals surface area contributed by atoms with Gasteiger partial charge in [-0.3, -0.25) is 0 Å². The van der Waals surface area contributed by atoms with E-state index < -0.39 is 14.3 Å². The molecule has 24 heavy (non-hydrogen) atoms. The summed E-state index contributed by atoms with van der Waals surface area (Å²) in [7, 11) is -0.434. The molecule has 0 fully saturated rings. The van der Waals surface area contributed by atoms with E-state index in [1.54, 1.807) is 0 Å². The normalized spacial score (nSPS) is 13.8. The first-order valence-electron chi connectivity index (χ1n) is 8.26. The zero-order valence-electron chi connectivity index (χ0n) is 15.7. The Morgan fingerprint density at radius 3 is 2.38 bits per heavy atom. The molecule has 0 bridgehead atoms. The van der Waals surface area contributed by atoms with Crippen LogP contribution in [0.4, 0.5) is 0 Å². The smallest absolute Gasteiger partial charge is 0.333 e. The second-order valence-electron chi connectivity index (χ2n) is 7.26. The van der Waals surface area contributed by atoms with Crippen molar-refractivity contribution in [1.82, 2.24) is 0 Å². The molecule has 1 rings (SSSR count). The van der Waals surface area contributed by atoms with Crippen LogP contribution >= 0.6 is 0 Å². The predicted molar refractivity (Wildman–Crippen MR) is 99.2 cm³/mol. The SMILES string of the molecule is COC(=O)/C=C/OC(CCO[Si](C)(C)C(C)(C)C)c1ccccc1. The number of methoxy groups -OCH3 is 1. The zero-order valence-corrected chi connectivity index (χ0v) is 16.7. The second kappa shape index (κ2) is 9.04. The summed E-state index contributed by atoms with van der Waals surface area (Å²) >= 11 is 0. The van der Waals surface area contributed by atoms with Crippen molar-refractivity contribution in [2.24, 2.45) is 0 Å². The van der Waals surface area contributed by atoms with E-state index in [-0.39, 0.29) is 11.1 Å². The van der Waals surface area contributed by atoms with Crippen molar-refractivity contribution in [1.29, 1.82) is 0 Å². The molecule has 1 aromatic carbocycles. The number of benzene rings is 1. The highest BCUT2D eigenvalue weighted by atomic mass is 28.4. The van der Waals surface area contributed by atoms with Gasteiger partial charge in [-0.25, -0.2) is 4.79 Å². The molecule has 0 saturated carbocycles. The summed E-state index contributed by atoms with van der Waals surface area (Å²) in [5.41, 5.74) is 1.06. The first kappa shape index (κ1) is 20.5. The quantitative estimate of drug-likeness (QED) is 0.291. The average molecular weight is 351 g/mol. The summed E-state index contributed by atoms with van der Waals surface area (Å²) < 4.78 is 16.6. The molecule has 0 spiro atoms. The van der Waals surface area contributed by atoms with Gasteiger partial charge < -0.3 is 13.9 Å². The van der Waals surface area contributed by atoms with Gasteiger partial charge in [0.1, 0.15) is 6.10 Å². The minimum absolute atomic E-state index is 0.156. The number of esters is 1. The van der Waals surface area contributed by atoms with Crippen molar-refractivity contribution >= 4 is 14.3 Å². The van der Waals surface area contributed by atoms with Crippen LogP contribution in [-0.4, -0.2) is 28.0 Å². The van der Waals surface area contributed by atoms with Gasteiger partial charge in [-0.2, -0.15) is 0 Å². The Hall–Kier alpha value is -1.59. The Morgan fingerprint density at radius 2 is 1.83 bits per heavy atom.